The van der Waals surface area contributed by atoms with Crippen molar-refractivity contribution in [2.24, 2.45) is 0 Å². The van der Waals surface area contributed by atoms with Crippen LogP contribution in [0.5, 0.6) is 17.2 Å². The molecule has 1 fully saturated rings. The number of rotatable bonds is 7. The van der Waals surface area contributed by atoms with Gasteiger partial charge in [-0.2, -0.15) is 0 Å². The molecule has 1 aromatic carbocycles. The van der Waals surface area contributed by atoms with Crippen LogP contribution in [0.15, 0.2) is 36.7 Å². The number of ether oxygens (including phenoxy) is 3. The fourth-order valence-electron chi connectivity index (χ4n) is 4.62. The van der Waals surface area contributed by atoms with E-state index in [4.69, 9.17) is 14.2 Å². The summed E-state index contributed by atoms with van der Waals surface area (Å²) >= 11 is 0. The number of hydrogen-bond acceptors (Lipinski definition) is 8. The van der Waals surface area contributed by atoms with Crippen LogP contribution in [0.2, 0.25) is 0 Å². The molecule has 0 spiro atoms. The molecule has 1 saturated heterocycles. The summed E-state index contributed by atoms with van der Waals surface area (Å²) in [6, 6.07) is 7.56. The molecule has 8 nitrogen and oxygen atoms in total. The van der Waals surface area contributed by atoms with Crippen molar-refractivity contribution in [2.75, 3.05) is 40.0 Å². The highest BCUT2D eigenvalue weighted by Crippen LogP contribution is 2.31. The monoisotopic (exact) mass is 540 g/mol. The number of nitrogens with zero attached hydrogens (tertiary/aromatic N) is 3. The van der Waals surface area contributed by atoms with Gasteiger partial charge in [-0.25, -0.2) is 4.39 Å². The van der Waals surface area contributed by atoms with E-state index in [9.17, 15) is 9.50 Å². The molecular weight excluding hydrogens is 510 g/mol. The van der Waals surface area contributed by atoms with Crippen LogP contribution in [0, 0.1) is 5.82 Å². The van der Waals surface area contributed by atoms with E-state index in [-0.39, 0.29) is 30.4 Å². The van der Waals surface area contributed by atoms with E-state index >= 15 is 0 Å². The lowest BCUT2D eigenvalue weighted by Crippen LogP contribution is -2.43. The number of fused-ring (bicyclic) bond motifs is 2. The van der Waals surface area contributed by atoms with Gasteiger partial charge in [0, 0.05) is 36.1 Å². The Kier molecular flexibility index (Phi) is 9.92. The molecule has 0 radical (unpaired) electrons. The van der Waals surface area contributed by atoms with Crippen LogP contribution < -0.4 is 19.5 Å². The van der Waals surface area contributed by atoms with Crippen LogP contribution in [0.1, 0.15) is 30.2 Å². The molecule has 0 saturated carbocycles. The Morgan fingerprint density at radius 3 is 2.61 bits per heavy atom. The predicted octanol–water partition coefficient (Wildman–Crippen LogP) is 3.68. The number of benzene rings is 1. The summed E-state index contributed by atoms with van der Waals surface area (Å²) in [4.78, 5) is 10.8. The van der Waals surface area contributed by atoms with E-state index in [1.54, 1.807) is 31.5 Å². The van der Waals surface area contributed by atoms with Crippen molar-refractivity contribution in [1.82, 2.24) is 20.2 Å². The van der Waals surface area contributed by atoms with E-state index in [2.05, 4.69) is 20.2 Å². The van der Waals surface area contributed by atoms with Gasteiger partial charge in [0.05, 0.1) is 36.8 Å². The maximum Gasteiger partial charge on any atom is 0.179 e. The van der Waals surface area contributed by atoms with E-state index in [1.165, 1.54) is 6.20 Å². The average molecular weight is 541 g/mol. The largest absolute Gasteiger partial charge is 0.497 e. The highest BCUT2D eigenvalue weighted by Gasteiger charge is 2.24. The molecule has 0 amide bonds. The molecular formula is C25H31Cl2FN4O4. The van der Waals surface area contributed by atoms with E-state index in [0.29, 0.717) is 54.7 Å². The molecule has 4 heterocycles. The van der Waals surface area contributed by atoms with Crippen molar-refractivity contribution in [3.05, 3.63) is 53.7 Å². The first-order valence-corrected chi connectivity index (χ1v) is 11.6. The van der Waals surface area contributed by atoms with Crippen LogP contribution in [0.3, 0.4) is 0 Å². The van der Waals surface area contributed by atoms with Gasteiger partial charge in [0.1, 0.15) is 24.8 Å². The number of aromatic nitrogens is 2. The van der Waals surface area contributed by atoms with Gasteiger partial charge in [-0.15, -0.1) is 24.8 Å². The zero-order valence-electron chi connectivity index (χ0n) is 20.0. The van der Waals surface area contributed by atoms with Crippen molar-refractivity contribution < 1.29 is 23.7 Å². The Hall–Kier alpha value is -2.43. The van der Waals surface area contributed by atoms with E-state index in [1.807, 2.05) is 6.07 Å². The van der Waals surface area contributed by atoms with Crippen LogP contribution >= 0.6 is 24.8 Å². The number of β-amino-alcohol motifs (C(OH)–C–C–N with tert-alkyl or cyclic N) is 1. The number of likely N-dealkylation sites (tertiary alicyclic amines) is 1. The van der Waals surface area contributed by atoms with Gasteiger partial charge in [0.15, 0.2) is 11.5 Å². The molecule has 0 aliphatic carbocycles. The summed E-state index contributed by atoms with van der Waals surface area (Å²) in [5, 5.41) is 15.1. The lowest BCUT2D eigenvalue weighted by Gasteiger charge is -2.33. The highest BCUT2D eigenvalue weighted by atomic mass is 35.5. The summed E-state index contributed by atoms with van der Waals surface area (Å²) in [7, 11) is 1.56. The minimum Gasteiger partial charge on any atom is -0.497 e. The summed E-state index contributed by atoms with van der Waals surface area (Å²) in [6.45, 7) is 3.76. The molecule has 196 valence electrons. The smallest absolute Gasteiger partial charge is 0.179 e. The zero-order valence-corrected chi connectivity index (χ0v) is 21.6. The van der Waals surface area contributed by atoms with Crippen molar-refractivity contribution in [1.29, 1.82) is 0 Å². The highest BCUT2D eigenvalue weighted by molar-refractivity contribution is 5.86. The number of aliphatic hydroxyl groups is 1. The maximum atomic E-state index is 14.7. The zero-order chi connectivity index (χ0) is 23.5. The SMILES string of the molecule is COc1ccc2ncc(F)c(C(O)CN3CCC(NCc4cc5c(cn4)OCCO5)CC3)c2c1.Cl.Cl. The summed E-state index contributed by atoms with van der Waals surface area (Å²) in [5.41, 5.74) is 1.82. The first-order valence-electron chi connectivity index (χ1n) is 11.6. The lowest BCUT2D eigenvalue weighted by molar-refractivity contribution is 0.0925. The van der Waals surface area contributed by atoms with Crippen molar-refractivity contribution in [3.63, 3.8) is 0 Å². The van der Waals surface area contributed by atoms with Gasteiger partial charge in [-0.05, 0) is 44.1 Å². The summed E-state index contributed by atoms with van der Waals surface area (Å²) < 4.78 is 31.1. The Balaban J connectivity index is 0.00000180. The van der Waals surface area contributed by atoms with Gasteiger partial charge < -0.3 is 29.5 Å². The number of halogens is 3. The second-order valence-corrected chi connectivity index (χ2v) is 8.69. The van der Waals surface area contributed by atoms with Gasteiger partial charge in [-0.1, -0.05) is 0 Å². The summed E-state index contributed by atoms with van der Waals surface area (Å²) in [5.74, 6) is 1.54. The third kappa shape index (κ3) is 6.27. The summed E-state index contributed by atoms with van der Waals surface area (Å²) in [6.07, 6.45) is 3.81. The molecule has 0 bridgehead atoms. The molecule has 2 aliphatic rings. The Bertz CT molecular complexity index is 1160. The molecule has 2 N–H and O–H groups in total. The maximum absolute atomic E-state index is 14.7. The van der Waals surface area contributed by atoms with Gasteiger partial charge in [-0.3, -0.25) is 9.97 Å². The average Bonchev–Trinajstić information content (AvgIpc) is 2.87. The molecule has 36 heavy (non-hydrogen) atoms. The minimum atomic E-state index is -0.955. The quantitative estimate of drug-likeness (QED) is 0.469. The third-order valence-corrected chi connectivity index (χ3v) is 6.48. The number of nitrogens with one attached hydrogen (secondary N) is 1. The second kappa shape index (κ2) is 12.7. The molecule has 11 heteroatoms. The van der Waals surface area contributed by atoms with Gasteiger partial charge >= 0.3 is 0 Å². The Labute approximate surface area is 222 Å². The normalized spacial score (nSPS) is 16.6. The molecule has 5 rings (SSSR count). The Morgan fingerprint density at radius 2 is 1.86 bits per heavy atom. The fourth-order valence-corrected chi connectivity index (χ4v) is 4.62. The molecule has 1 unspecified atom stereocenters. The topological polar surface area (TPSA) is 89.0 Å². The van der Waals surface area contributed by atoms with Crippen LogP contribution in [-0.4, -0.2) is 66.0 Å². The van der Waals surface area contributed by atoms with Gasteiger partial charge in [0.2, 0.25) is 0 Å². The molecule has 1 atom stereocenters. The van der Waals surface area contributed by atoms with E-state index in [0.717, 1.165) is 37.4 Å². The number of piperidine rings is 1. The van der Waals surface area contributed by atoms with E-state index < -0.39 is 11.9 Å². The third-order valence-electron chi connectivity index (χ3n) is 6.48. The molecule has 2 aliphatic heterocycles. The lowest BCUT2D eigenvalue weighted by atomic mass is 10.0. The predicted molar refractivity (Wildman–Crippen MR) is 139 cm³/mol. The molecule has 2 aromatic heterocycles. The first kappa shape index (κ1) is 28.1. The fraction of sp³-hybridized carbons (Fsp3) is 0.440. The van der Waals surface area contributed by atoms with Crippen LogP contribution in [0.4, 0.5) is 4.39 Å². The van der Waals surface area contributed by atoms with Crippen molar-refractivity contribution >= 4 is 35.7 Å². The van der Waals surface area contributed by atoms with Gasteiger partial charge in [0.25, 0.3) is 0 Å². The number of aliphatic hydroxyl groups excluding tert-OH is 1. The Morgan fingerprint density at radius 1 is 1.11 bits per heavy atom. The number of methoxy groups -OCH3 is 1. The standard InChI is InChI=1S/C25H29FN4O4.2ClH/c1-32-18-2-3-21-19(11-18)25(20(26)13-29-21)22(31)15-30-6-4-16(5-7-30)27-12-17-10-23-24(14-28-17)34-9-8-33-23;;/h2-3,10-11,13-14,16,22,27,31H,4-9,12,15H2,1H3;2*1H. The second-order valence-electron chi connectivity index (χ2n) is 8.69. The van der Waals surface area contributed by atoms with Crippen molar-refractivity contribution in [2.45, 2.75) is 31.5 Å². The van der Waals surface area contributed by atoms with Crippen molar-refractivity contribution in [3.8, 4) is 17.2 Å². The number of hydrogen-bond donors (Lipinski definition) is 2. The number of pyridine rings is 2. The minimum absolute atomic E-state index is 0. The van der Waals surface area contributed by atoms with Crippen LogP contribution in [-0.2, 0) is 6.54 Å². The van der Waals surface area contributed by atoms with Crippen LogP contribution in [0.25, 0.3) is 10.9 Å². The molecule has 3 aromatic rings. The first-order chi connectivity index (χ1) is 16.6.